The van der Waals surface area contributed by atoms with E-state index in [0.29, 0.717) is 6.54 Å². The van der Waals surface area contributed by atoms with E-state index in [4.69, 9.17) is 0 Å². The van der Waals surface area contributed by atoms with Crippen molar-refractivity contribution in [1.29, 1.82) is 0 Å². The predicted octanol–water partition coefficient (Wildman–Crippen LogP) is 1.43. The molecule has 1 aromatic rings. The lowest BCUT2D eigenvalue weighted by atomic mass is 10.2. The first-order valence-electron chi connectivity index (χ1n) is 4.61. The van der Waals surface area contributed by atoms with Crippen molar-refractivity contribution in [3.63, 3.8) is 0 Å². The molecule has 0 fully saturated rings. The minimum Gasteiger partial charge on any atom is -0.468 e. The molecule has 0 aromatic heterocycles. The summed E-state index contributed by atoms with van der Waals surface area (Å²) in [5.74, 6) is -0.533. The van der Waals surface area contributed by atoms with Crippen molar-refractivity contribution >= 4 is 5.97 Å². The number of esters is 1. The van der Waals surface area contributed by atoms with Crippen LogP contribution in [0.3, 0.4) is 0 Å². The lowest BCUT2D eigenvalue weighted by Crippen LogP contribution is -2.26. The Labute approximate surface area is 88.5 Å². The molecule has 0 atom stereocenters. The van der Waals surface area contributed by atoms with E-state index in [-0.39, 0.29) is 18.3 Å². The van der Waals surface area contributed by atoms with Crippen LogP contribution in [0.15, 0.2) is 24.3 Å². The lowest BCUT2D eigenvalue weighted by molar-refractivity contribution is -0.141. The van der Waals surface area contributed by atoms with E-state index in [2.05, 4.69) is 4.74 Å². The van der Waals surface area contributed by atoms with Gasteiger partial charge in [-0.15, -0.1) is 0 Å². The summed E-state index contributed by atoms with van der Waals surface area (Å²) in [5.41, 5.74) is 0.961. The van der Waals surface area contributed by atoms with Crippen LogP contribution in [0.5, 0.6) is 0 Å². The van der Waals surface area contributed by atoms with Gasteiger partial charge in [-0.2, -0.15) is 0 Å². The molecule has 3 nitrogen and oxygen atoms in total. The largest absolute Gasteiger partial charge is 0.468 e. The van der Waals surface area contributed by atoms with Crippen LogP contribution in [-0.4, -0.2) is 31.6 Å². The third-order valence-corrected chi connectivity index (χ3v) is 1.99. The van der Waals surface area contributed by atoms with Gasteiger partial charge in [-0.05, 0) is 24.7 Å². The normalized spacial score (nSPS) is 10.4. The molecule has 15 heavy (non-hydrogen) atoms. The Bertz CT molecular complexity index is 324. The first-order valence-corrected chi connectivity index (χ1v) is 4.61. The van der Waals surface area contributed by atoms with E-state index in [1.165, 1.54) is 19.2 Å². The van der Waals surface area contributed by atoms with Crippen molar-refractivity contribution in [1.82, 2.24) is 4.90 Å². The fourth-order valence-corrected chi connectivity index (χ4v) is 1.24. The molecule has 0 amide bonds. The molecule has 0 N–H and O–H groups in total. The second kappa shape index (κ2) is 5.46. The predicted molar refractivity (Wildman–Crippen MR) is 54.8 cm³/mol. The Kier molecular flexibility index (Phi) is 4.24. The molecular weight excluding hydrogens is 197 g/mol. The fourth-order valence-electron chi connectivity index (χ4n) is 1.24. The minimum absolute atomic E-state index is 0.230. The Morgan fingerprint density at radius 1 is 1.40 bits per heavy atom. The third-order valence-electron chi connectivity index (χ3n) is 1.99. The molecule has 82 valence electrons. The van der Waals surface area contributed by atoms with Gasteiger partial charge >= 0.3 is 5.97 Å². The number of hydrogen-bond donors (Lipinski definition) is 0. The van der Waals surface area contributed by atoms with Gasteiger partial charge in [0.25, 0.3) is 0 Å². The summed E-state index contributed by atoms with van der Waals surface area (Å²) in [6, 6.07) is 6.20. The van der Waals surface area contributed by atoms with Crippen LogP contribution >= 0.6 is 0 Å². The maximum absolute atomic E-state index is 12.6. The monoisotopic (exact) mass is 211 g/mol. The molecule has 0 aliphatic rings. The molecule has 0 spiro atoms. The van der Waals surface area contributed by atoms with Gasteiger partial charge in [-0.3, -0.25) is 9.69 Å². The Morgan fingerprint density at radius 3 is 2.53 bits per heavy atom. The highest BCUT2D eigenvalue weighted by Gasteiger charge is 2.06. The minimum atomic E-state index is -0.278. The number of ether oxygens (including phenoxy) is 1. The number of methoxy groups -OCH3 is 1. The fraction of sp³-hybridized carbons (Fsp3) is 0.364. The molecule has 0 bridgehead atoms. The maximum Gasteiger partial charge on any atom is 0.319 e. The Balaban J connectivity index is 2.47. The van der Waals surface area contributed by atoms with Crippen LogP contribution in [0.1, 0.15) is 5.56 Å². The number of halogens is 1. The van der Waals surface area contributed by atoms with E-state index >= 15 is 0 Å². The van der Waals surface area contributed by atoms with Gasteiger partial charge in [0.1, 0.15) is 5.82 Å². The molecule has 0 radical (unpaired) electrons. The van der Waals surface area contributed by atoms with E-state index in [1.54, 1.807) is 24.1 Å². The molecule has 0 heterocycles. The van der Waals surface area contributed by atoms with E-state index in [0.717, 1.165) is 5.56 Å². The molecule has 0 aliphatic heterocycles. The number of hydrogen-bond acceptors (Lipinski definition) is 3. The van der Waals surface area contributed by atoms with Crippen molar-refractivity contribution in [3.8, 4) is 0 Å². The zero-order valence-electron chi connectivity index (χ0n) is 8.87. The quantitative estimate of drug-likeness (QED) is 0.706. The first kappa shape index (κ1) is 11.7. The smallest absolute Gasteiger partial charge is 0.319 e. The van der Waals surface area contributed by atoms with Crippen molar-refractivity contribution in [3.05, 3.63) is 35.6 Å². The molecule has 0 saturated heterocycles. The average Bonchev–Trinajstić information content (AvgIpc) is 2.21. The molecule has 0 saturated carbocycles. The molecule has 0 unspecified atom stereocenters. The van der Waals surface area contributed by atoms with Gasteiger partial charge in [-0.25, -0.2) is 4.39 Å². The summed E-state index contributed by atoms with van der Waals surface area (Å²) in [6.45, 7) is 0.823. The number of rotatable bonds is 4. The SMILES string of the molecule is COC(=O)CN(C)Cc1ccc(F)cc1. The van der Waals surface area contributed by atoms with E-state index in [1.807, 2.05) is 0 Å². The second-order valence-electron chi connectivity index (χ2n) is 3.37. The van der Waals surface area contributed by atoms with Crippen LogP contribution < -0.4 is 0 Å². The summed E-state index contributed by atoms with van der Waals surface area (Å²) in [4.78, 5) is 12.7. The second-order valence-corrected chi connectivity index (χ2v) is 3.37. The van der Waals surface area contributed by atoms with E-state index in [9.17, 15) is 9.18 Å². The van der Waals surface area contributed by atoms with E-state index < -0.39 is 0 Å². The highest BCUT2D eigenvalue weighted by Crippen LogP contribution is 2.05. The van der Waals surface area contributed by atoms with Crippen LogP contribution in [0.2, 0.25) is 0 Å². The van der Waals surface area contributed by atoms with Gasteiger partial charge in [-0.1, -0.05) is 12.1 Å². The molecule has 4 heteroatoms. The summed E-state index contributed by atoms with van der Waals surface area (Å²) >= 11 is 0. The summed E-state index contributed by atoms with van der Waals surface area (Å²) in [7, 11) is 3.16. The number of carbonyl (C=O) groups is 1. The standard InChI is InChI=1S/C11H14FNO2/c1-13(8-11(14)15-2)7-9-3-5-10(12)6-4-9/h3-6H,7-8H2,1-2H3. The van der Waals surface area contributed by atoms with Gasteiger partial charge in [0.15, 0.2) is 0 Å². The van der Waals surface area contributed by atoms with Crippen molar-refractivity contribution < 1.29 is 13.9 Å². The van der Waals surface area contributed by atoms with Crippen molar-refractivity contribution in [2.45, 2.75) is 6.54 Å². The highest BCUT2D eigenvalue weighted by atomic mass is 19.1. The average molecular weight is 211 g/mol. The molecule has 0 aliphatic carbocycles. The first-order chi connectivity index (χ1) is 7.11. The zero-order chi connectivity index (χ0) is 11.3. The van der Waals surface area contributed by atoms with Gasteiger partial charge in [0.05, 0.1) is 13.7 Å². The molecular formula is C11H14FNO2. The Hall–Kier alpha value is -1.42. The third kappa shape index (κ3) is 4.08. The number of likely N-dealkylation sites (N-methyl/N-ethyl adjacent to an activating group) is 1. The molecule has 1 rings (SSSR count). The zero-order valence-corrected chi connectivity index (χ0v) is 8.87. The number of benzene rings is 1. The van der Waals surface area contributed by atoms with Gasteiger partial charge in [0, 0.05) is 6.54 Å². The molecule has 1 aromatic carbocycles. The Morgan fingerprint density at radius 2 is 2.00 bits per heavy atom. The van der Waals surface area contributed by atoms with Crippen LogP contribution in [0.25, 0.3) is 0 Å². The summed E-state index contributed by atoms with van der Waals surface area (Å²) < 4.78 is 17.1. The number of nitrogens with zero attached hydrogens (tertiary/aromatic N) is 1. The number of carbonyl (C=O) groups excluding carboxylic acids is 1. The summed E-state index contributed by atoms with van der Waals surface area (Å²) in [6.07, 6.45) is 0. The van der Waals surface area contributed by atoms with Gasteiger partial charge < -0.3 is 4.74 Å². The van der Waals surface area contributed by atoms with Crippen LogP contribution in [0.4, 0.5) is 4.39 Å². The van der Waals surface area contributed by atoms with Crippen LogP contribution in [-0.2, 0) is 16.1 Å². The van der Waals surface area contributed by atoms with Crippen molar-refractivity contribution in [2.24, 2.45) is 0 Å². The highest BCUT2D eigenvalue weighted by molar-refractivity contribution is 5.71. The van der Waals surface area contributed by atoms with Gasteiger partial charge in [0.2, 0.25) is 0 Å². The van der Waals surface area contributed by atoms with Crippen LogP contribution in [0, 0.1) is 5.82 Å². The topological polar surface area (TPSA) is 29.5 Å². The summed E-state index contributed by atoms with van der Waals surface area (Å²) in [5, 5.41) is 0. The lowest BCUT2D eigenvalue weighted by Gasteiger charge is -2.14. The van der Waals surface area contributed by atoms with Crippen molar-refractivity contribution in [2.75, 3.05) is 20.7 Å². The maximum atomic E-state index is 12.6.